The van der Waals surface area contributed by atoms with E-state index in [-0.39, 0.29) is 11.2 Å². The summed E-state index contributed by atoms with van der Waals surface area (Å²) in [5, 5.41) is 7.99. The SMILES string of the molecule is COCCCNC(=O)C(C)Sc1nc(C2CC2)n(-c2ccccc2)n1. The maximum absolute atomic E-state index is 12.2. The minimum absolute atomic E-state index is 0.00476. The molecule has 1 aromatic carbocycles. The van der Waals surface area contributed by atoms with Crippen LogP contribution in [0, 0.1) is 0 Å². The third-order valence-corrected chi connectivity index (χ3v) is 4.98. The number of ether oxygens (including phenoxy) is 1. The first kappa shape index (κ1) is 17.9. The topological polar surface area (TPSA) is 69.0 Å². The highest BCUT2D eigenvalue weighted by atomic mass is 32.2. The molecule has 0 bridgehead atoms. The molecule has 25 heavy (non-hydrogen) atoms. The number of methoxy groups -OCH3 is 1. The quantitative estimate of drug-likeness (QED) is 0.550. The van der Waals surface area contributed by atoms with E-state index in [1.807, 2.05) is 41.9 Å². The second-order valence-electron chi connectivity index (χ2n) is 6.17. The summed E-state index contributed by atoms with van der Waals surface area (Å²) >= 11 is 1.40. The normalized spacial score (nSPS) is 15.1. The van der Waals surface area contributed by atoms with Crippen LogP contribution in [0.15, 0.2) is 35.5 Å². The lowest BCUT2D eigenvalue weighted by atomic mass is 10.3. The summed E-state index contributed by atoms with van der Waals surface area (Å²) in [4.78, 5) is 16.9. The number of nitrogens with zero attached hydrogens (tertiary/aromatic N) is 3. The van der Waals surface area contributed by atoms with Gasteiger partial charge in [0.05, 0.1) is 10.9 Å². The third-order valence-electron chi connectivity index (χ3n) is 4.03. The minimum atomic E-state index is -0.235. The smallest absolute Gasteiger partial charge is 0.233 e. The van der Waals surface area contributed by atoms with Gasteiger partial charge >= 0.3 is 0 Å². The highest BCUT2D eigenvalue weighted by Gasteiger charge is 2.31. The van der Waals surface area contributed by atoms with E-state index in [1.165, 1.54) is 11.8 Å². The van der Waals surface area contributed by atoms with Gasteiger partial charge in [0.15, 0.2) is 0 Å². The number of nitrogens with one attached hydrogen (secondary N) is 1. The predicted octanol–water partition coefficient (Wildman–Crippen LogP) is 2.78. The lowest BCUT2D eigenvalue weighted by Gasteiger charge is -2.09. The van der Waals surface area contributed by atoms with Crippen LogP contribution in [-0.2, 0) is 9.53 Å². The molecule has 0 spiro atoms. The molecule has 2 aromatic rings. The van der Waals surface area contributed by atoms with Crippen LogP contribution in [0.2, 0.25) is 0 Å². The highest BCUT2D eigenvalue weighted by Crippen LogP contribution is 2.40. The molecule has 1 aliphatic carbocycles. The summed E-state index contributed by atoms with van der Waals surface area (Å²) in [6.45, 7) is 3.16. The zero-order valence-electron chi connectivity index (χ0n) is 14.6. The molecular formula is C18H24N4O2S. The largest absolute Gasteiger partial charge is 0.385 e. The maximum Gasteiger partial charge on any atom is 0.233 e. The number of hydrogen-bond donors (Lipinski definition) is 1. The Morgan fingerprint density at radius 2 is 2.16 bits per heavy atom. The van der Waals surface area contributed by atoms with E-state index in [0.29, 0.717) is 24.2 Å². The zero-order chi connectivity index (χ0) is 17.6. The van der Waals surface area contributed by atoms with Gasteiger partial charge < -0.3 is 10.1 Å². The van der Waals surface area contributed by atoms with Crippen LogP contribution in [-0.4, -0.2) is 46.2 Å². The van der Waals surface area contributed by atoms with Crippen molar-refractivity contribution >= 4 is 17.7 Å². The van der Waals surface area contributed by atoms with Gasteiger partial charge in [0.25, 0.3) is 0 Å². The molecule has 0 radical (unpaired) electrons. The number of benzene rings is 1. The molecule has 1 amide bonds. The van der Waals surface area contributed by atoms with E-state index in [9.17, 15) is 4.79 Å². The van der Waals surface area contributed by atoms with Crippen molar-refractivity contribution in [1.29, 1.82) is 0 Å². The molecule has 1 saturated carbocycles. The highest BCUT2D eigenvalue weighted by molar-refractivity contribution is 8.00. The van der Waals surface area contributed by atoms with Gasteiger partial charge in [-0.15, -0.1) is 5.10 Å². The Labute approximate surface area is 152 Å². The second kappa shape index (κ2) is 8.49. The monoisotopic (exact) mass is 360 g/mol. The van der Waals surface area contributed by atoms with Crippen LogP contribution in [0.1, 0.15) is 37.9 Å². The van der Waals surface area contributed by atoms with Gasteiger partial charge in [0.1, 0.15) is 5.82 Å². The van der Waals surface area contributed by atoms with Gasteiger partial charge in [-0.05, 0) is 38.3 Å². The standard InChI is InChI=1S/C18H24N4O2S/c1-13(17(23)19-11-6-12-24-2)25-18-20-16(14-9-10-14)22(21-18)15-7-4-3-5-8-15/h3-5,7-8,13-14H,6,9-12H2,1-2H3,(H,19,23). The van der Waals surface area contributed by atoms with E-state index in [0.717, 1.165) is 30.8 Å². The van der Waals surface area contributed by atoms with E-state index in [4.69, 9.17) is 9.72 Å². The Hall–Kier alpha value is -1.86. The van der Waals surface area contributed by atoms with Crippen LogP contribution in [0.5, 0.6) is 0 Å². The fourth-order valence-corrected chi connectivity index (χ4v) is 3.28. The summed E-state index contributed by atoms with van der Waals surface area (Å²) in [6, 6.07) is 10.0. The predicted molar refractivity (Wildman–Crippen MR) is 98.2 cm³/mol. The molecule has 1 unspecified atom stereocenters. The summed E-state index contributed by atoms with van der Waals surface area (Å²) in [6.07, 6.45) is 3.13. The Morgan fingerprint density at radius 3 is 2.84 bits per heavy atom. The average Bonchev–Trinajstić information content (AvgIpc) is 3.40. The average molecular weight is 360 g/mol. The van der Waals surface area contributed by atoms with Gasteiger partial charge in [-0.1, -0.05) is 30.0 Å². The first-order valence-electron chi connectivity index (χ1n) is 8.64. The number of thioether (sulfide) groups is 1. The van der Waals surface area contributed by atoms with Gasteiger partial charge in [0.2, 0.25) is 11.1 Å². The second-order valence-corrected chi connectivity index (χ2v) is 7.48. The maximum atomic E-state index is 12.2. The molecule has 1 fully saturated rings. The number of aromatic nitrogens is 3. The Kier molecular flexibility index (Phi) is 6.09. The molecular weight excluding hydrogens is 336 g/mol. The van der Waals surface area contributed by atoms with Crippen molar-refractivity contribution in [3.05, 3.63) is 36.2 Å². The van der Waals surface area contributed by atoms with Gasteiger partial charge in [0, 0.05) is 26.2 Å². The van der Waals surface area contributed by atoms with Crippen molar-refractivity contribution in [2.24, 2.45) is 0 Å². The number of carbonyl (C=O) groups is 1. The molecule has 7 heteroatoms. The first-order chi connectivity index (χ1) is 12.2. The van der Waals surface area contributed by atoms with E-state index < -0.39 is 0 Å². The van der Waals surface area contributed by atoms with Crippen LogP contribution in [0.3, 0.4) is 0 Å². The van der Waals surface area contributed by atoms with Crippen molar-refractivity contribution in [3.8, 4) is 5.69 Å². The van der Waals surface area contributed by atoms with Crippen molar-refractivity contribution in [2.45, 2.75) is 42.5 Å². The minimum Gasteiger partial charge on any atom is -0.385 e. The Balaban J connectivity index is 1.65. The van der Waals surface area contributed by atoms with Gasteiger partial charge in [-0.25, -0.2) is 9.67 Å². The molecule has 1 N–H and O–H groups in total. The Morgan fingerprint density at radius 1 is 1.40 bits per heavy atom. The molecule has 0 saturated heterocycles. The van der Waals surface area contributed by atoms with Crippen LogP contribution in [0.4, 0.5) is 0 Å². The van der Waals surface area contributed by atoms with Crippen LogP contribution < -0.4 is 5.32 Å². The number of rotatable bonds is 9. The van der Waals surface area contributed by atoms with E-state index in [2.05, 4.69) is 10.4 Å². The van der Waals surface area contributed by atoms with Crippen LogP contribution >= 0.6 is 11.8 Å². The molecule has 1 heterocycles. The summed E-state index contributed by atoms with van der Waals surface area (Å²) < 4.78 is 6.91. The van der Waals surface area contributed by atoms with Crippen molar-refractivity contribution in [3.63, 3.8) is 0 Å². The fraction of sp³-hybridized carbons (Fsp3) is 0.500. The molecule has 6 nitrogen and oxygen atoms in total. The fourth-order valence-electron chi connectivity index (χ4n) is 2.50. The summed E-state index contributed by atoms with van der Waals surface area (Å²) in [7, 11) is 1.66. The zero-order valence-corrected chi connectivity index (χ0v) is 15.5. The summed E-state index contributed by atoms with van der Waals surface area (Å²) in [5.41, 5.74) is 1.01. The first-order valence-corrected chi connectivity index (χ1v) is 9.52. The van der Waals surface area contributed by atoms with Crippen LogP contribution in [0.25, 0.3) is 5.69 Å². The Bertz CT molecular complexity index is 700. The van der Waals surface area contributed by atoms with Gasteiger partial charge in [-0.3, -0.25) is 4.79 Å². The van der Waals surface area contributed by atoms with Gasteiger partial charge in [-0.2, -0.15) is 0 Å². The number of amides is 1. The van der Waals surface area contributed by atoms with Crippen molar-refractivity contribution < 1.29 is 9.53 Å². The number of hydrogen-bond acceptors (Lipinski definition) is 5. The molecule has 0 aliphatic heterocycles. The van der Waals surface area contributed by atoms with Crippen molar-refractivity contribution in [2.75, 3.05) is 20.3 Å². The lowest BCUT2D eigenvalue weighted by molar-refractivity contribution is -0.120. The van der Waals surface area contributed by atoms with E-state index in [1.54, 1.807) is 7.11 Å². The lowest BCUT2D eigenvalue weighted by Crippen LogP contribution is -2.32. The molecule has 3 rings (SSSR count). The number of para-hydroxylation sites is 1. The number of carbonyl (C=O) groups excluding carboxylic acids is 1. The molecule has 1 atom stereocenters. The molecule has 1 aliphatic rings. The van der Waals surface area contributed by atoms with E-state index >= 15 is 0 Å². The molecule has 134 valence electrons. The molecule has 1 aromatic heterocycles. The summed E-state index contributed by atoms with van der Waals surface area (Å²) in [5.74, 6) is 1.49. The third kappa shape index (κ3) is 4.83. The van der Waals surface area contributed by atoms with Crippen molar-refractivity contribution in [1.82, 2.24) is 20.1 Å².